The summed E-state index contributed by atoms with van der Waals surface area (Å²) in [6, 6.07) is 19.4. The fourth-order valence-corrected chi connectivity index (χ4v) is 4.55. The lowest BCUT2D eigenvalue weighted by atomic mass is 10.1. The number of anilines is 1. The number of carbonyl (C=O) groups is 1. The molecule has 0 saturated heterocycles. The zero-order valence-electron chi connectivity index (χ0n) is 18.6. The van der Waals surface area contributed by atoms with Crippen LogP contribution in [-0.4, -0.2) is 26.4 Å². The van der Waals surface area contributed by atoms with Gasteiger partial charge in [-0.05, 0) is 55.3 Å². The molecule has 0 saturated carbocycles. The van der Waals surface area contributed by atoms with Gasteiger partial charge < -0.3 is 10.1 Å². The molecule has 3 aromatic carbocycles. The summed E-state index contributed by atoms with van der Waals surface area (Å²) in [6.45, 7) is 3.85. The van der Waals surface area contributed by atoms with Crippen LogP contribution in [0.4, 0.5) is 10.1 Å². The van der Waals surface area contributed by atoms with E-state index in [4.69, 9.17) is 16.3 Å². The molecule has 0 unspecified atom stereocenters. The highest BCUT2D eigenvalue weighted by atomic mass is 35.5. The predicted octanol–water partition coefficient (Wildman–Crippen LogP) is 5.99. The fourth-order valence-electron chi connectivity index (χ4n) is 3.41. The Morgan fingerprint density at radius 1 is 1.09 bits per heavy atom. The summed E-state index contributed by atoms with van der Waals surface area (Å²) in [5.74, 6) is 0.0389. The van der Waals surface area contributed by atoms with E-state index < -0.39 is 5.82 Å². The molecule has 0 atom stereocenters. The minimum Gasteiger partial charge on any atom is -0.483 e. The molecule has 6 nitrogen and oxygen atoms in total. The third-order valence-electron chi connectivity index (χ3n) is 4.94. The molecule has 9 heteroatoms. The molecule has 1 aromatic heterocycles. The first kappa shape index (κ1) is 23.8. The minimum atomic E-state index is -0.454. The molecule has 0 fully saturated rings. The van der Waals surface area contributed by atoms with E-state index in [1.54, 1.807) is 22.8 Å². The first-order valence-electron chi connectivity index (χ1n) is 10.5. The normalized spacial score (nSPS) is 10.8. The Kier molecular flexibility index (Phi) is 7.49. The summed E-state index contributed by atoms with van der Waals surface area (Å²) in [5.41, 5.74) is 3.32. The first-order chi connectivity index (χ1) is 16.4. The molecule has 0 aliphatic carbocycles. The van der Waals surface area contributed by atoms with Gasteiger partial charge in [0.25, 0.3) is 0 Å². The largest absolute Gasteiger partial charge is 0.483 e. The summed E-state index contributed by atoms with van der Waals surface area (Å²) < 4.78 is 21.4. The van der Waals surface area contributed by atoms with Gasteiger partial charge in [-0.25, -0.2) is 4.39 Å². The Morgan fingerprint density at radius 3 is 2.56 bits per heavy atom. The summed E-state index contributed by atoms with van der Waals surface area (Å²) >= 11 is 7.55. The van der Waals surface area contributed by atoms with Gasteiger partial charge in [0.15, 0.2) is 22.5 Å². The molecule has 1 N–H and O–H groups in total. The van der Waals surface area contributed by atoms with E-state index in [2.05, 4.69) is 15.5 Å². The quantitative estimate of drug-likeness (QED) is 0.303. The SMILES string of the molecule is Cc1cc(C)c(NC(=O)CSc2nnc(COc3ccccc3F)n2-c2ccccc2)c(Cl)c1. The summed E-state index contributed by atoms with van der Waals surface area (Å²) in [7, 11) is 0. The van der Waals surface area contributed by atoms with E-state index in [0.717, 1.165) is 16.8 Å². The van der Waals surface area contributed by atoms with Gasteiger partial charge in [0.05, 0.1) is 16.5 Å². The van der Waals surface area contributed by atoms with Crippen LogP contribution in [0.3, 0.4) is 0 Å². The third kappa shape index (κ3) is 5.58. The number of ether oxygens (including phenoxy) is 1. The van der Waals surface area contributed by atoms with Crippen LogP contribution >= 0.6 is 23.4 Å². The number of carbonyl (C=O) groups excluding carboxylic acids is 1. The Hall–Kier alpha value is -3.36. The van der Waals surface area contributed by atoms with E-state index in [1.807, 2.05) is 56.3 Å². The predicted molar refractivity (Wildman–Crippen MR) is 132 cm³/mol. The highest BCUT2D eigenvalue weighted by Gasteiger charge is 2.18. The molecule has 1 amide bonds. The van der Waals surface area contributed by atoms with Crippen molar-refractivity contribution in [1.82, 2.24) is 14.8 Å². The molecule has 34 heavy (non-hydrogen) atoms. The summed E-state index contributed by atoms with van der Waals surface area (Å²) in [4.78, 5) is 12.7. The number of aromatic nitrogens is 3. The highest BCUT2D eigenvalue weighted by molar-refractivity contribution is 7.99. The Balaban J connectivity index is 1.51. The number of hydrogen-bond acceptors (Lipinski definition) is 5. The van der Waals surface area contributed by atoms with Crippen molar-refractivity contribution in [2.45, 2.75) is 25.6 Å². The molecule has 0 aliphatic heterocycles. The smallest absolute Gasteiger partial charge is 0.234 e. The number of nitrogens with zero attached hydrogens (tertiary/aromatic N) is 3. The van der Waals surface area contributed by atoms with E-state index in [0.29, 0.717) is 21.7 Å². The standard InChI is InChI=1S/C25H22ClFN4O2S/c1-16-12-17(2)24(19(26)13-16)28-23(32)15-34-25-30-29-22(31(25)18-8-4-3-5-9-18)14-33-21-11-7-6-10-20(21)27/h3-13H,14-15H2,1-2H3,(H,28,32). The van der Waals surface area contributed by atoms with Crippen LogP contribution in [0, 0.1) is 19.7 Å². The second kappa shape index (κ2) is 10.7. The molecule has 4 aromatic rings. The van der Waals surface area contributed by atoms with Gasteiger partial charge in [-0.15, -0.1) is 10.2 Å². The number of hydrogen-bond donors (Lipinski definition) is 1. The number of aryl methyl sites for hydroxylation is 2. The number of thioether (sulfide) groups is 1. The average molecular weight is 497 g/mol. The number of para-hydroxylation sites is 2. The van der Waals surface area contributed by atoms with Crippen molar-refractivity contribution in [3.8, 4) is 11.4 Å². The van der Waals surface area contributed by atoms with E-state index in [-0.39, 0.29) is 24.0 Å². The lowest BCUT2D eigenvalue weighted by Crippen LogP contribution is -2.16. The number of rotatable bonds is 8. The lowest BCUT2D eigenvalue weighted by Gasteiger charge is -2.13. The van der Waals surface area contributed by atoms with E-state index >= 15 is 0 Å². The van der Waals surface area contributed by atoms with Gasteiger partial charge in [0.2, 0.25) is 5.91 Å². The Morgan fingerprint density at radius 2 is 1.82 bits per heavy atom. The highest BCUT2D eigenvalue weighted by Crippen LogP contribution is 2.28. The van der Waals surface area contributed by atoms with Gasteiger partial charge >= 0.3 is 0 Å². The molecular formula is C25H22ClFN4O2S. The van der Waals surface area contributed by atoms with Gasteiger partial charge in [0, 0.05) is 5.69 Å². The summed E-state index contributed by atoms with van der Waals surface area (Å²) in [5, 5.41) is 12.4. The number of nitrogens with one attached hydrogen (secondary N) is 1. The lowest BCUT2D eigenvalue weighted by molar-refractivity contribution is -0.113. The number of halogens is 2. The van der Waals surface area contributed by atoms with Crippen molar-refractivity contribution < 1.29 is 13.9 Å². The van der Waals surface area contributed by atoms with Crippen molar-refractivity contribution in [3.05, 3.63) is 94.5 Å². The Labute approximate surface area is 206 Å². The molecule has 174 valence electrons. The van der Waals surface area contributed by atoms with Crippen molar-refractivity contribution in [2.75, 3.05) is 11.1 Å². The van der Waals surface area contributed by atoms with Crippen LogP contribution in [0.5, 0.6) is 5.75 Å². The molecule has 0 bridgehead atoms. The molecule has 0 spiro atoms. The van der Waals surface area contributed by atoms with Crippen LogP contribution in [-0.2, 0) is 11.4 Å². The zero-order chi connectivity index (χ0) is 24.1. The van der Waals surface area contributed by atoms with Crippen LogP contribution in [0.2, 0.25) is 5.02 Å². The van der Waals surface area contributed by atoms with Gasteiger partial charge in [-0.2, -0.15) is 0 Å². The third-order valence-corrected chi connectivity index (χ3v) is 6.16. The Bertz CT molecular complexity index is 1290. The second-order valence-corrected chi connectivity index (χ2v) is 8.91. The van der Waals surface area contributed by atoms with Crippen molar-refractivity contribution in [1.29, 1.82) is 0 Å². The monoisotopic (exact) mass is 496 g/mol. The number of amides is 1. The van der Waals surface area contributed by atoms with Gasteiger partial charge in [-0.1, -0.05) is 59.8 Å². The van der Waals surface area contributed by atoms with Gasteiger partial charge in [-0.3, -0.25) is 9.36 Å². The molecular weight excluding hydrogens is 475 g/mol. The van der Waals surface area contributed by atoms with Gasteiger partial charge in [0.1, 0.15) is 6.61 Å². The average Bonchev–Trinajstić information content (AvgIpc) is 3.23. The van der Waals surface area contributed by atoms with E-state index in [9.17, 15) is 9.18 Å². The minimum absolute atomic E-state index is 0.00769. The maximum Gasteiger partial charge on any atom is 0.234 e. The molecule has 4 rings (SSSR count). The number of benzene rings is 3. The maximum atomic E-state index is 14.0. The van der Waals surface area contributed by atoms with Crippen LogP contribution in [0.25, 0.3) is 5.69 Å². The molecule has 1 heterocycles. The van der Waals surface area contributed by atoms with Crippen molar-refractivity contribution >= 4 is 35.0 Å². The second-order valence-electron chi connectivity index (χ2n) is 7.56. The van der Waals surface area contributed by atoms with Crippen molar-refractivity contribution in [2.24, 2.45) is 0 Å². The van der Waals surface area contributed by atoms with E-state index in [1.165, 1.54) is 17.8 Å². The first-order valence-corrected chi connectivity index (χ1v) is 11.8. The summed E-state index contributed by atoms with van der Waals surface area (Å²) in [6.07, 6.45) is 0. The van der Waals surface area contributed by atoms with Crippen LogP contribution in [0.1, 0.15) is 17.0 Å². The maximum absolute atomic E-state index is 14.0. The van der Waals surface area contributed by atoms with Crippen LogP contribution < -0.4 is 10.1 Å². The zero-order valence-corrected chi connectivity index (χ0v) is 20.2. The topological polar surface area (TPSA) is 69.0 Å². The van der Waals surface area contributed by atoms with Crippen LogP contribution in [0.15, 0.2) is 71.9 Å². The van der Waals surface area contributed by atoms with Crippen molar-refractivity contribution in [3.63, 3.8) is 0 Å². The molecule has 0 radical (unpaired) electrons. The molecule has 0 aliphatic rings. The fraction of sp³-hybridized carbons (Fsp3) is 0.160.